The molecule has 0 radical (unpaired) electrons. The van der Waals surface area contributed by atoms with Gasteiger partial charge in [0.05, 0.1) is 11.0 Å². The molecule has 0 heterocycles. The van der Waals surface area contributed by atoms with Crippen LogP contribution in [-0.2, 0) is 16.4 Å². The number of aryl methyl sites for hydroxylation is 2. The minimum absolute atomic E-state index is 0.0529. The van der Waals surface area contributed by atoms with Crippen LogP contribution in [0.3, 0.4) is 0 Å². The van der Waals surface area contributed by atoms with Crippen molar-refractivity contribution in [3.63, 3.8) is 0 Å². The van der Waals surface area contributed by atoms with E-state index in [1.165, 1.54) is 0 Å². The van der Waals surface area contributed by atoms with Gasteiger partial charge in [0.25, 0.3) is 0 Å². The van der Waals surface area contributed by atoms with E-state index in [1.807, 2.05) is 32.0 Å². The maximum Gasteiger partial charge on any atom is 0.240 e. The highest BCUT2D eigenvalue weighted by molar-refractivity contribution is 7.89. The van der Waals surface area contributed by atoms with Crippen LogP contribution in [0, 0.1) is 6.92 Å². The number of aliphatic hydroxyl groups excluding tert-OH is 1. The Bertz CT molecular complexity index is 724. The molecule has 0 bridgehead atoms. The summed E-state index contributed by atoms with van der Waals surface area (Å²) in [6, 6.07) is 14.1. The molecule has 0 aliphatic heterocycles. The number of sulfonamides is 1. The van der Waals surface area contributed by atoms with E-state index in [-0.39, 0.29) is 11.4 Å². The molecule has 22 heavy (non-hydrogen) atoms. The zero-order chi connectivity index (χ0) is 16.2. The quantitative estimate of drug-likeness (QED) is 0.860. The Labute approximate surface area is 131 Å². The summed E-state index contributed by atoms with van der Waals surface area (Å²) < 4.78 is 26.9. The Morgan fingerprint density at radius 2 is 1.73 bits per heavy atom. The van der Waals surface area contributed by atoms with Crippen molar-refractivity contribution in [2.45, 2.75) is 31.3 Å². The van der Waals surface area contributed by atoms with E-state index in [4.69, 9.17) is 0 Å². The fraction of sp³-hybridized carbons (Fsp3) is 0.294. The lowest BCUT2D eigenvalue weighted by Gasteiger charge is -2.15. The molecule has 0 aliphatic rings. The number of hydrogen-bond acceptors (Lipinski definition) is 3. The van der Waals surface area contributed by atoms with Gasteiger partial charge in [-0.05, 0) is 42.2 Å². The zero-order valence-electron chi connectivity index (χ0n) is 12.8. The summed E-state index contributed by atoms with van der Waals surface area (Å²) in [6.07, 6.45) is -0.00868. The summed E-state index contributed by atoms with van der Waals surface area (Å²) in [5, 5.41) is 10.2. The van der Waals surface area contributed by atoms with Gasteiger partial charge in [-0.25, -0.2) is 13.1 Å². The first-order valence-electron chi connectivity index (χ1n) is 7.26. The summed E-state index contributed by atoms with van der Waals surface area (Å²) in [4.78, 5) is 0.210. The van der Waals surface area contributed by atoms with Crippen molar-refractivity contribution >= 4 is 10.0 Å². The molecule has 0 aromatic heterocycles. The summed E-state index contributed by atoms with van der Waals surface area (Å²) in [6.45, 7) is 3.85. The molecule has 0 fully saturated rings. The van der Waals surface area contributed by atoms with E-state index in [1.54, 1.807) is 30.3 Å². The molecular formula is C17H21NO3S. The highest BCUT2D eigenvalue weighted by atomic mass is 32.2. The van der Waals surface area contributed by atoms with Crippen LogP contribution >= 0.6 is 0 Å². The van der Waals surface area contributed by atoms with Gasteiger partial charge in [-0.15, -0.1) is 0 Å². The van der Waals surface area contributed by atoms with Crippen LogP contribution in [0.2, 0.25) is 0 Å². The van der Waals surface area contributed by atoms with Gasteiger partial charge >= 0.3 is 0 Å². The van der Waals surface area contributed by atoms with E-state index in [0.717, 1.165) is 23.1 Å². The molecule has 2 N–H and O–H groups in total. The first-order chi connectivity index (χ1) is 10.4. The molecule has 0 spiro atoms. The lowest BCUT2D eigenvalue weighted by molar-refractivity contribution is 0.181. The van der Waals surface area contributed by atoms with Gasteiger partial charge in [-0.3, -0.25) is 0 Å². The fourth-order valence-corrected chi connectivity index (χ4v) is 3.29. The number of rotatable bonds is 6. The smallest absolute Gasteiger partial charge is 0.240 e. The monoisotopic (exact) mass is 319 g/mol. The van der Waals surface area contributed by atoms with Crippen LogP contribution in [0.15, 0.2) is 53.4 Å². The molecule has 118 valence electrons. The maximum absolute atomic E-state index is 12.2. The fourth-order valence-electron chi connectivity index (χ4n) is 2.25. The molecule has 2 rings (SSSR count). The van der Waals surface area contributed by atoms with Crippen LogP contribution < -0.4 is 4.72 Å². The van der Waals surface area contributed by atoms with Gasteiger partial charge in [0, 0.05) is 6.54 Å². The highest BCUT2D eigenvalue weighted by Gasteiger charge is 2.17. The molecular weight excluding hydrogens is 298 g/mol. The van der Waals surface area contributed by atoms with E-state index in [2.05, 4.69) is 4.72 Å². The number of aliphatic hydroxyl groups is 1. The molecule has 0 saturated heterocycles. The lowest BCUT2D eigenvalue weighted by Crippen LogP contribution is -2.28. The number of nitrogens with one attached hydrogen (secondary N) is 1. The molecule has 1 unspecified atom stereocenters. The molecule has 0 aliphatic carbocycles. The van der Waals surface area contributed by atoms with Crippen molar-refractivity contribution in [1.82, 2.24) is 4.72 Å². The zero-order valence-corrected chi connectivity index (χ0v) is 13.6. The van der Waals surface area contributed by atoms with Gasteiger partial charge < -0.3 is 5.11 Å². The normalized spacial score (nSPS) is 13.0. The van der Waals surface area contributed by atoms with Crippen molar-refractivity contribution in [3.8, 4) is 0 Å². The van der Waals surface area contributed by atoms with Gasteiger partial charge in [0.15, 0.2) is 0 Å². The minimum Gasteiger partial charge on any atom is -0.387 e. The van der Waals surface area contributed by atoms with Crippen molar-refractivity contribution in [1.29, 1.82) is 0 Å². The number of hydrogen-bond donors (Lipinski definition) is 2. The van der Waals surface area contributed by atoms with Gasteiger partial charge in [-0.2, -0.15) is 0 Å². The molecule has 2 aromatic carbocycles. The van der Waals surface area contributed by atoms with Gasteiger partial charge in [0.1, 0.15) is 0 Å². The molecule has 1 atom stereocenters. The first kappa shape index (κ1) is 16.7. The standard InChI is InChI=1S/C17H21NO3S/c1-3-14-8-10-15(11-9-14)22(20,21)18-12-17(19)16-7-5-4-6-13(16)2/h4-11,17-19H,3,12H2,1-2H3. The molecule has 5 heteroatoms. The molecule has 2 aromatic rings. The summed E-state index contributed by atoms with van der Waals surface area (Å²) >= 11 is 0. The summed E-state index contributed by atoms with van der Waals surface area (Å²) in [7, 11) is -3.61. The number of benzene rings is 2. The van der Waals surface area contributed by atoms with Crippen LogP contribution in [0.5, 0.6) is 0 Å². The van der Waals surface area contributed by atoms with Crippen LogP contribution in [-0.4, -0.2) is 20.1 Å². The molecule has 0 saturated carbocycles. The largest absolute Gasteiger partial charge is 0.387 e. The highest BCUT2D eigenvalue weighted by Crippen LogP contribution is 2.17. The second-order valence-corrected chi connectivity index (χ2v) is 6.99. The SMILES string of the molecule is CCc1ccc(S(=O)(=O)NCC(O)c2ccccc2C)cc1. The van der Waals surface area contributed by atoms with Crippen LogP contribution in [0.4, 0.5) is 0 Å². The van der Waals surface area contributed by atoms with E-state index >= 15 is 0 Å². The lowest BCUT2D eigenvalue weighted by atomic mass is 10.0. The Morgan fingerprint density at radius 1 is 1.09 bits per heavy atom. The third kappa shape index (κ3) is 3.94. The summed E-state index contributed by atoms with van der Waals surface area (Å²) in [5.41, 5.74) is 2.74. The third-order valence-electron chi connectivity index (χ3n) is 3.66. The Kier molecular flexibility index (Phi) is 5.34. The summed E-state index contributed by atoms with van der Waals surface area (Å²) in [5.74, 6) is 0. The van der Waals surface area contributed by atoms with Crippen LogP contribution in [0.1, 0.15) is 29.7 Å². The van der Waals surface area contributed by atoms with Crippen LogP contribution in [0.25, 0.3) is 0 Å². The van der Waals surface area contributed by atoms with Gasteiger partial charge in [0.2, 0.25) is 10.0 Å². The van der Waals surface area contributed by atoms with Gasteiger partial charge in [-0.1, -0.05) is 43.3 Å². The average molecular weight is 319 g/mol. The second kappa shape index (κ2) is 7.05. The van der Waals surface area contributed by atoms with E-state index in [0.29, 0.717) is 0 Å². The van der Waals surface area contributed by atoms with Crippen molar-refractivity contribution in [2.24, 2.45) is 0 Å². The maximum atomic E-state index is 12.2. The second-order valence-electron chi connectivity index (χ2n) is 5.22. The topological polar surface area (TPSA) is 66.4 Å². The Balaban J connectivity index is 2.07. The Hall–Kier alpha value is -1.69. The predicted octanol–water partition coefficient (Wildman–Crippen LogP) is 2.57. The van der Waals surface area contributed by atoms with Crippen molar-refractivity contribution < 1.29 is 13.5 Å². The van der Waals surface area contributed by atoms with E-state index < -0.39 is 16.1 Å². The predicted molar refractivity (Wildman–Crippen MR) is 87.1 cm³/mol. The Morgan fingerprint density at radius 3 is 2.32 bits per heavy atom. The third-order valence-corrected chi connectivity index (χ3v) is 5.10. The minimum atomic E-state index is -3.61. The molecule has 0 amide bonds. The van der Waals surface area contributed by atoms with Crippen molar-refractivity contribution in [3.05, 3.63) is 65.2 Å². The molecule has 4 nitrogen and oxygen atoms in total. The van der Waals surface area contributed by atoms with E-state index in [9.17, 15) is 13.5 Å². The van der Waals surface area contributed by atoms with Crippen molar-refractivity contribution in [2.75, 3.05) is 6.54 Å². The average Bonchev–Trinajstić information content (AvgIpc) is 2.53. The first-order valence-corrected chi connectivity index (χ1v) is 8.74.